The number of hydrogen-bond donors (Lipinski definition) is 0. The van der Waals surface area contributed by atoms with Gasteiger partial charge in [-0.1, -0.05) is 113 Å². The lowest BCUT2D eigenvalue weighted by molar-refractivity contribution is -0.136. The molecule has 0 aliphatic rings. The highest BCUT2D eigenvalue weighted by Crippen LogP contribution is 2.07. The number of rotatable bonds is 12. The molecule has 0 rings (SSSR count). The van der Waals surface area contributed by atoms with Crippen molar-refractivity contribution >= 4 is 5.97 Å². The van der Waals surface area contributed by atoms with Crippen molar-refractivity contribution in [2.24, 2.45) is 0 Å². The van der Waals surface area contributed by atoms with Gasteiger partial charge in [-0.15, -0.1) is 0 Å². The molecule has 0 N–H and O–H groups in total. The number of esters is 1. The Labute approximate surface area is 202 Å². The van der Waals surface area contributed by atoms with Gasteiger partial charge in [0.15, 0.2) is 0 Å². The van der Waals surface area contributed by atoms with Gasteiger partial charge in [0.25, 0.3) is 0 Å². The molecule has 0 unspecified atom stereocenters. The minimum atomic E-state index is -0.312. The summed E-state index contributed by atoms with van der Waals surface area (Å²) in [5, 5.41) is 0. The number of allylic oxidation sites excluding steroid dienone is 19. The molecule has 0 aromatic carbocycles. The molecule has 0 heterocycles. The van der Waals surface area contributed by atoms with Gasteiger partial charge in [-0.3, -0.25) is 0 Å². The minimum absolute atomic E-state index is 0.312. The summed E-state index contributed by atoms with van der Waals surface area (Å²) in [7, 11) is 1.38. The first-order valence-electron chi connectivity index (χ1n) is 11.4. The standard InChI is InChI=1S/C31H42O2/c1-25(2)15-11-18-28(5)20-13-22-29(6)21-12-19-26(3)16-9-10-17-27(4)23-14-24-30(7)31(32)33-8/h9-10,12-17,19-24H,11,18H2,1-8H3/b10-9+,19-12+,22-13+,23-14+,26-16+,27-17+,28-20+,29-21+,30-24+. The highest BCUT2D eigenvalue weighted by molar-refractivity contribution is 5.87. The molecule has 0 saturated carbocycles. The van der Waals surface area contributed by atoms with E-state index in [1.165, 1.54) is 29.4 Å². The van der Waals surface area contributed by atoms with Crippen LogP contribution in [0.3, 0.4) is 0 Å². The second kappa shape index (κ2) is 18.4. The molecule has 0 bridgehead atoms. The Bertz CT molecular complexity index is 916. The molecular formula is C31H42O2. The first-order valence-corrected chi connectivity index (χ1v) is 11.4. The first-order chi connectivity index (χ1) is 15.6. The van der Waals surface area contributed by atoms with Crippen LogP contribution in [-0.4, -0.2) is 13.1 Å². The van der Waals surface area contributed by atoms with Crippen LogP contribution in [0, 0.1) is 0 Å². The van der Waals surface area contributed by atoms with Gasteiger partial charge in [0.05, 0.1) is 7.11 Å². The molecule has 0 fully saturated rings. The monoisotopic (exact) mass is 446 g/mol. The predicted molar refractivity (Wildman–Crippen MR) is 146 cm³/mol. The van der Waals surface area contributed by atoms with Crippen LogP contribution in [0.2, 0.25) is 0 Å². The van der Waals surface area contributed by atoms with Crippen molar-refractivity contribution in [3.8, 4) is 0 Å². The van der Waals surface area contributed by atoms with Crippen molar-refractivity contribution in [1.29, 1.82) is 0 Å². The number of carbonyl (C=O) groups is 1. The van der Waals surface area contributed by atoms with E-state index < -0.39 is 0 Å². The molecule has 2 nitrogen and oxygen atoms in total. The second-order valence-corrected chi connectivity index (χ2v) is 8.37. The largest absolute Gasteiger partial charge is 0.466 e. The van der Waals surface area contributed by atoms with E-state index in [-0.39, 0.29) is 5.97 Å². The van der Waals surface area contributed by atoms with Crippen LogP contribution < -0.4 is 0 Å². The number of ether oxygens (including phenoxy) is 1. The van der Waals surface area contributed by atoms with Gasteiger partial charge in [0.2, 0.25) is 0 Å². The average molecular weight is 447 g/mol. The maximum atomic E-state index is 11.3. The summed E-state index contributed by atoms with van der Waals surface area (Å²) < 4.78 is 4.67. The van der Waals surface area contributed by atoms with Crippen molar-refractivity contribution in [3.63, 3.8) is 0 Å². The highest BCUT2D eigenvalue weighted by Gasteiger charge is 1.99. The molecule has 0 aromatic rings. The fourth-order valence-electron chi connectivity index (χ4n) is 2.54. The zero-order valence-corrected chi connectivity index (χ0v) is 21.8. The van der Waals surface area contributed by atoms with E-state index in [1.807, 2.05) is 37.3 Å². The van der Waals surface area contributed by atoms with Gasteiger partial charge >= 0.3 is 5.97 Å². The Morgan fingerprint density at radius 1 is 0.636 bits per heavy atom. The molecule has 0 aliphatic heterocycles. The summed E-state index contributed by atoms with van der Waals surface area (Å²) in [5.41, 5.74) is 6.82. The van der Waals surface area contributed by atoms with Crippen LogP contribution in [0.15, 0.2) is 119 Å². The van der Waals surface area contributed by atoms with Crippen LogP contribution in [0.4, 0.5) is 0 Å². The van der Waals surface area contributed by atoms with Gasteiger partial charge in [-0.25, -0.2) is 4.79 Å². The Balaban J connectivity index is 4.67. The highest BCUT2D eigenvalue weighted by atomic mass is 16.5. The SMILES string of the molecule is COC(=O)/C(C)=C/C=C/C(C)=C/C=C/C=C(C)/C=C/C=C(C)/C=C/C=C(\C)CCC=C(C)C. The van der Waals surface area contributed by atoms with E-state index in [2.05, 4.69) is 88.0 Å². The van der Waals surface area contributed by atoms with Crippen LogP contribution in [0.1, 0.15) is 61.3 Å². The molecule has 33 heavy (non-hydrogen) atoms. The molecule has 0 radical (unpaired) electrons. The van der Waals surface area contributed by atoms with Gasteiger partial charge in [-0.05, 0) is 61.3 Å². The average Bonchev–Trinajstić information content (AvgIpc) is 2.75. The third-order valence-electron chi connectivity index (χ3n) is 4.59. The van der Waals surface area contributed by atoms with Crippen LogP contribution in [-0.2, 0) is 9.53 Å². The van der Waals surface area contributed by atoms with E-state index in [4.69, 9.17) is 0 Å². The van der Waals surface area contributed by atoms with Crippen LogP contribution in [0.5, 0.6) is 0 Å². The lowest BCUT2D eigenvalue weighted by Crippen LogP contribution is -2.00. The van der Waals surface area contributed by atoms with E-state index >= 15 is 0 Å². The van der Waals surface area contributed by atoms with Crippen molar-refractivity contribution in [1.82, 2.24) is 0 Å². The molecule has 0 atom stereocenters. The number of methoxy groups -OCH3 is 1. The Hall–Kier alpha value is -3.13. The summed E-state index contributed by atoms with van der Waals surface area (Å²) in [6.45, 7) is 14.4. The Morgan fingerprint density at radius 2 is 1.09 bits per heavy atom. The third-order valence-corrected chi connectivity index (χ3v) is 4.59. The predicted octanol–water partition coefficient (Wildman–Crippen LogP) is 8.86. The second-order valence-electron chi connectivity index (χ2n) is 8.37. The zero-order chi connectivity index (χ0) is 25.1. The van der Waals surface area contributed by atoms with E-state index in [0.717, 1.165) is 18.4 Å². The van der Waals surface area contributed by atoms with Crippen LogP contribution in [0.25, 0.3) is 0 Å². The van der Waals surface area contributed by atoms with Gasteiger partial charge in [0, 0.05) is 5.57 Å². The summed E-state index contributed by atoms with van der Waals surface area (Å²) in [6.07, 6.45) is 30.9. The summed E-state index contributed by atoms with van der Waals surface area (Å²) in [6, 6.07) is 0. The molecule has 0 aliphatic carbocycles. The van der Waals surface area contributed by atoms with Crippen molar-refractivity contribution in [3.05, 3.63) is 119 Å². The lowest BCUT2D eigenvalue weighted by Gasteiger charge is -1.96. The van der Waals surface area contributed by atoms with E-state index in [1.54, 1.807) is 13.0 Å². The smallest absolute Gasteiger partial charge is 0.333 e. The Kier molecular flexibility index (Phi) is 16.7. The molecule has 0 aromatic heterocycles. The zero-order valence-electron chi connectivity index (χ0n) is 21.8. The summed E-state index contributed by atoms with van der Waals surface area (Å²) >= 11 is 0. The number of carbonyl (C=O) groups excluding carboxylic acids is 1. The van der Waals surface area contributed by atoms with Gasteiger partial charge < -0.3 is 4.74 Å². The fourth-order valence-corrected chi connectivity index (χ4v) is 2.54. The van der Waals surface area contributed by atoms with Gasteiger partial charge in [-0.2, -0.15) is 0 Å². The lowest BCUT2D eigenvalue weighted by atomic mass is 10.1. The first kappa shape index (κ1) is 29.9. The fraction of sp³-hybridized carbons (Fsp3) is 0.323. The van der Waals surface area contributed by atoms with Gasteiger partial charge in [0.1, 0.15) is 0 Å². The summed E-state index contributed by atoms with van der Waals surface area (Å²) in [4.78, 5) is 11.3. The normalized spacial score (nSPS) is 14.8. The van der Waals surface area contributed by atoms with Crippen molar-refractivity contribution < 1.29 is 9.53 Å². The molecule has 0 spiro atoms. The van der Waals surface area contributed by atoms with E-state index in [9.17, 15) is 4.79 Å². The maximum Gasteiger partial charge on any atom is 0.333 e. The molecule has 178 valence electrons. The van der Waals surface area contributed by atoms with Crippen LogP contribution >= 0.6 is 0 Å². The topological polar surface area (TPSA) is 26.3 Å². The molecular weight excluding hydrogens is 404 g/mol. The molecule has 2 heteroatoms. The van der Waals surface area contributed by atoms with Crippen molar-refractivity contribution in [2.45, 2.75) is 61.3 Å². The van der Waals surface area contributed by atoms with E-state index in [0.29, 0.717) is 5.57 Å². The molecule has 0 saturated heterocycles. The summed E-state index contributed by atoms with van der Waals surface area (Å²) in [5.74, 6) is -0.312. The minimum Gasteiger partial charge on any atom is -0.466 e. The third kappa shape index (κ3) is 18.2. The maximum absolute atomic E-state index is 11.3. The molecule has 0 amide bonds. The quantitative estimate of drug-likeness (QED) is 0.129. The number of hydrogen-bond acceptors (Lipinski definition) is 2. The Morgan fingerprint density at radius 3 is 1.58 bits per heavy atom. The van der Waals surface area contributed by atoms with Crippen molar-refractivity contribution in [2.75, 3.05) is 7.11 Å².